The number of carbonyl (C=O) groups excluding carboxylic acids is 1. The van der Waals surface area contributed by atoms with Crippen LogP contribution in [0.5, 0.6) is 0 Å². The normalized spacial score (nSPS) is 21.4. The molecule has 2 saturated heterocycles. The number of nitrogens with two attached hydrogens (primary N) is 1. The second kappa shape index (κ2) is 8.34. The molecule has 24 heavy (non-hydrogen) atoms. The van der Waals surface area contributed by atoms with Crippen LogP contribution in [0.3, 0.4) is 0 Å². The number of hydrogen-bond acceptors (Lipinski definition) is 5. The maximum atomic E-state index is 12.4. The van der Waals surface area contributed by atoms with Crippen molar-refractivity contribution in [1.29, 1.82) is 0 Å². The van der Waals surface area contributed by atoms with Crippen LogP contribution in [0, 0.1) is 0 Å². The number of nitrogens with zero attached hydrogens (tertiary/aromatic N) is 1. The predicted molar refractivity (Wildman–Crippen MR) is 99.5 cm³/mol. The van der Waals surface area contributed by atoms with Crippen LogP contribution < -0.4 is 11.1 Å². The molecule has 6 heteroatoms. The molecule has 0 spiro atoms. The Morgan fingerprint density at radius 3 is 2.54 bits per heavy atom. The van der Waals surface area contributed by atoms with E-state index in [4.69, 9.17) is 10.5 Å². The van der Waals surface area contributed by atoms with E-state index in [9.17, 15) is 4.79 Å². The summed E-state index contributed by atoms with van der Waals surface area (Å²) < 4.78 is 5.29. The van der Waals surface area contributed by atoms with Gasteiger partial charge in [0.25, 0.3) is 0 Å². The lowest BCUT2D eigenvalue weighted by atomic mass is 9.90. The van der Waals surface area contributed by atoms with E-state index in [2.05, 4.69) is 22.3 Å². The Labute approximate surface area is 148 Å². The van der Waals surface area contributed by atoms with Crippen LogP contribution in [0.15, 0.2) is 24.3 Å². The lowest BCUT2D eigenvalue weighted by molar-refractivity contribution is -0.124. The van der Waals surface area contributed by atoms with Gasteiger partial charge in [-0.3, -0.25) is 4.79 Å². The summed E-state index contributed by atoms with van der Waals surface area (Å²) in [5.41, 5.74) is 7.53. The van der Waals surface area contributed by atoms with Gasteiger partial charge in [0.2, 0.25) is 5.91 Å². The number of hydrogen-bond donors (Lipinski definition) is 2. The van der Waals surface area contributed by atoms with Crippen molar-refractivity contribution in [1.82, 2.24) is 4.90 Å². The van der Waals surface area contributed by atoms with Crippen molar-refractivity contribution in [2.45, 2.75) is 24.8 Å². The Balaban J connectivity index is 1.49. The second-order valence-electron chi connectivity index (χ2n) is 6.62. The summed E-state index contributed by atoms with van der Waals surface area (Å²) in [7, 11) is 0. The summed E-state index contributed by atoms with van der Waals surface area (Å²) >= 11 is 2.04. The van der Waals surface area contributed by atoms with Crippen LogP contribution in [-0.4, -0.2) is 60.7 Å². The Kier molecular flexibility index (Phi) is 6.16. The minimum absolute atomic E-state index is 0.107. The number of rotatable bonds is 5. The smallest absolute Gasteiger partial charge is 0.244 e. The topological polar surface area (TPSA) is 67.6 Å². The highest BCUT2D eigenvalue weighted by atomic mass is 32.2. The Hall–Kier alpha value is -1.08. The number of benzene rings is 1. The van der Waals surface area contributed by atoms with Crippen molar-refractivity contribution in [2.24, 2.45) is 5.73 Å². The molecule has 2 aliphatic rings. The summed E-state index contributed by atoms with van der Waals surface area (Å²) in [5, 5.41) is 2.95. The fourth-order valence-electron chi connectivity index (χ4n) is 3.09. The maximum absolute atomic E-state index is 12.4. The van der Waals surface area contributed by atoms with Crippen molar-refractivity contribution < 1.29 is 9.53 Å². The molecule has 0 saturated carbocycles. The van der Waals surface area contributed by atoms with Gasteiger partial charge in [-0.2, -0.15) is 11.8 Å². The first-order valence-electron chi connectivity index (χ1n) is 8.73. The highest BCUT2D eigenvalue weighted by Crippen LogP contribution is 2.20. The molecule has 3 rings (SSSR count). The lowest BCUT2D eigenvalue weighted by Gasteiger charge is -2.31. The third kappa shape index (κ3) is 4.72. The van der Waals surface area contributed by atoms with Gasteiger partial charge >= 0.3 is 0 Å². The third-order valence-corrected chi connectivity index (χ3v) is 5.81. The first kappa shape index (κ1) is 17.7. The average Bonchev–Trinajstić information content (AvgIpc) is 2.62. The average molecular weight is 350 g/mol. The SMILES string of the molecule is NC1(C(=O)Nc2ccc(CCN3CCSCC3)cc2)CCOCC1. The maximum Gasteiger partial charge on any atom is 0.244 e. The molecule has 0 aromatic heterocycles. The van der Waals surface area contributed by atoms with Gasteiger partial charge in [0.05, 0.1) is 0 Å². The number of thioether (sulfide) groups is 1. The zero-order valence-corrected chi connectivity index (χ0v) is 14.9. The third-order valence-electron chi connectivity index (χ3n) is 4.87. The predicted octanol–water partition coefficient (Wildman–Crippen LogP) is 1.72. The molecule has 1 aromatic rings. The minimum atomic E-state index is -0.802. The molecule has 5 nitrogen and oxygen atoms in total. The molecular formula is C18H27N3O2S. The number of ether oxygens (including phenoxy) is 1. The molecule has 0 atom stereocenters. The van der Waals surface area contributed by atoms with Gasteiger partial charge in [0.1, 0.15) is 5.54 Å². The number of amides is 1. The summed E-state index contributed by atoms with van der Waals surface area (Å²) in [4.78, 5) is 14.9. The van der Waals surface area contributed by atoms with Crippen LogP contribution in [0.25, 0.3) is 0 Å². The number of carbonyl (C=O) groups is 1. The van der Waals surface area contributed by atoms with E-state index in [1.807, 2.05) is 23.9 Å². The zero-order chi connectivity index (χ0) is 16.8. The minimum Gasteiger partial charge on any atom is -0.381 e. The molecule has 0 radical (unpaired) electrons. The van der Waals surface area contributed by atoms with Crippen LogP contribution in [0.2, 0.25) is 0 Å². The van der Waals surface area contributed by atoms with Gasteiger partial charge in [-0.1, -0.05) is 12.1 Å². The van der Waals surface area contributed by atoms with Crippen molar-refractivity contribution in [3.8, 4) is 0 Å². The van der Waals surface area contributed by atoms with Gasteiger partial charge in [-0.25, -0.2) is 0 Å². The van der Waals surface area contributed by atoms with Crippen LogP contribution in [-0.2, 0) is 16.0 Å². The number of anilines is 1. The largest absolute Gasteiger partial charge is 0.381 e. The van der Waals surface area contributed by atoms with Gasteiger partial charge in [-0.15, -0.1) is 0 Å². The molecule has 0 aliphatic carbocycles. The molecule has 132 valence electrons. The quantitative estimate of drug-likeness (QED) is 0.847. The van der Waals surface area contributed by atoms with E-state index in [1.165, 1.54) is 30.2 Å². The van der Waals surface area contributed by atoms with Crippen molar-refractivity contribution in [3.05, 3.63) is 29.8 Å². The van der Waals surface area contributed by atoms with Crippen LogP contribution >= 0.6 is 11.8 Å². The second-order valence-corrected chi connectivity index (χ2v) is 7.85. The zero-order valence-electron chi connectivity index (χ0n) is 14.1. The Morgan fingerprint density at radius 2 is 1.88 bits per heavy atom. The van der Waals surface area contributed by atoms with E-state index in [1.54, 1.807) is 0 Å². The molecule has 1 amide bonds. The fraction of sp³-hybridized carbons (Fsp3) is 0.611. The van der Waals surface area contributed by atoms with E-state index in [0.717, 1.165) is 18.7 Å². The molecule has 0 bridgehead atoms. The first-order valence-corrected chi connectivity index (χ1v) is 9.88. The van der Waals surface area contributed by atoms with Crippen molar-refractivity contribution in [3.63, 3.8) is 0 Å². The lowest BCUT2D eigenvalue weighted by Crippen LogP contribution is -2.54. The molecular weight excluding hydrogens is 322 g/mol. The van der Waals surface area contributed by atoms with E-state index in [0.29, 0.717) is 26.1 Å². The van der Waals surface area contributed by atoms with Gasteiger partial charge in [0, 0.05) is 50.0 Å². The molecule has 3 N–H and O–H groups in total. The fourth-order valence-corrected chi connectivity index (χ4v) is 4.06. The van der Waals surface area contributed by atoms with Gasteiger partial charge in [-0.05, 0) is 37.0 Å². The summed E-state index contributed by atoms with van der Waals surface area (Å²) in [6.07, 6.45) is 2.20. The van der Waals surface area contributed by atoms with E-state index >= 15 is 0 Å². The molecule has 2 fully saturated rings. The Bertz CT molecular complexity index is 538. The highest BCUT2D eigenvalue weighted by Gasteiger charge is 2.35. The van der Waals surface area contributed by atoms with Crippen molar-refractivity contribution >= 4 is 23.4 Å². The van der Waals surface area contributed by atoms with Crippen LogP contribution in [0.4, 0.5) is 5.69 Å². The summed E-state index contributed by atoms with van der Waals surface area (Å²) in [5.74, 6) is 2.39. The monoisotopic (exact) mass is 349 g/mol. The molecule has 0 unspecified atom stereocenters. The summed E-state index contributed by atoms with van der Waals surface area (Å²) in [6.45, 7) is 4.61. The Morgan fingerprint density at radius 1 is 1.21 bits per heavy atom. The first-order chi connectivity index (χ1) is 11.7. The number of nitrogens with one attached hydrogen (secondary N) is 1. The molecule has 1 aromatic carbocycles. The summed E-state index contributed by atoms with van der Waals surface area (Å²) in [6, 6.07) is 8.15. The van der Waals surface area contributed by atoms with Crippen LogP contribution in [0.1, 0.15) is 18.4 Å². The van der Waals surface area contributed by atoms with E-state index in [-0.39, 0.29) is 5.91 Å². The standard InChI is InChI=1S/C18H27N3O2S/c19-18(6-11-23-12-7-18)17(22)20-16-3-1-15(2-4-16)5-8-21-9-13-24-14-10-21/h1-4H,5-14,19H2,(H,20,22). The highest BCUT2D eigenvalue weighted by molar-refractivity contribution is 7.99. The van der Waals surface area contributed by atoms with Crippen molar-refractivity contribution in [2.75, 3.05) is 49.7 Å². The van der Waals surface area contributed by atoms with Gasteiger partial charge in [0.15, 0.2) is 0 Å². The molecule has 2 aliphatic heterocycles. The van der Waals surface area contributed by atoms with E-state index < -0.39 is 5.54 Å². The van der Waals surface area contributed by atoms with Gasteiger partial charge < -0.3 is 20.7 Å². The molecule has 2 heterocycles.